The Morgan fingerprint density at radius 3 is 2.88 bits per heavy atom. The van der Waals surface area contributed by atoms with Crippen molar-refractivity contribution in [3.05, 3.63) is 21.9 Å². The average molecular weight is 253 g/mol. The van der Waals surface area contributed by atoms with Gasteiger partial charge in [0, 0.05) is 22.8 Å². The molecular weight excluding hydrogens is 234 g/mol. The van der Waals surface area contributed by atoms with Crippen molar-refractivity contribution < 1.29 is 4.79 Å². The molecule has 2 rings (SSSR count). The predicted molar refractivity (Wildman–Crippen MR) is 70.1 cm³/mol. The maximum atomic E-state index is 11.8. The topological polar surface area (TPSA) is 35.6 Å². The van der Waals surface area contributed by atoms with Gasteiger partial charge in [-0.3, -0.25) is 10.1 Å². The first kappa shape index (κ1) is 12.5. The molecule has 1 saturated heterocycles. The zero-order valence-corrected chi connectivity index (χ0v) is 11.4. The van der Waals surface area contributed by atoms with Crippen molar-refractivity contribution in [2.24, 2.45) is 0 Å². The molecule has 1 aromatic heterocycles. The van der Waals surface area contributed by atoms with Crippen molar-refractivity contribution >= 4 is 17.2 Å². The molecule has 1 aromatic rings. The van der Waals surface area contributed by atoms with Crippen LogP contribution in [0, 0.1) is 6.92 Å². The van der Waals surface area contributed by atoms with Crippen molar-refractivity contribution in [3.8, 4) is 0 Å². The van der Waals surface area contributed by atoms with Crippen molar-refractivity contribution in [2.75, 3.05) is 33.7 Å². The average Bonchev–Trinajstić information content (AvgIpc) is 2.82. The van der Waals surface area contributed by atoms with Gasteiger partial charge in [0.05, 0.1) is 6.54 Å². The molecule has 0 radical (unpaired) electrons. The minimum absolute atomic E-state index is 0.0705. The van der Waals surface area contributed by atoms with Crippen LogP contribution in [0.25, 0.3) is 0 Å². The van der Waals surface area contributed by atoms with E-state index < -0.39 is 0 Å². The van der Waals surface area contributed by atoms with Gasteiger partial charge in [0.15, 0.2) is 0 Å². The zero-order chi connectivity index (χ0) is 12.4. The van der Waals surface area contributed by atoms with Gasteiger partial charge in [0.1, 0.15) is 6.17 Å². The van der Waals surface area contributed by atoms with Crippen LogP contribution in [-0.4, -0.2) is 49.4 Å². The molecule has 1 fully saturated rings. The summed E-state index contributed by atoms with van der Waals surface area (Å²) in [6.07, 6.45) is 0.0705. The molecule has 0 aromatic carbocycles. The lowest BCUT2D eigenvalue weighted by atomic mass is 10.3. The number of hydrogen-bond acceptors (Lipinski definition) is 4. The van der Waals surface area contributed by atoms with Gasteiger partial charge in [0.2, 0.25) is 5.91 Å². The first-order valence-electron chi connectivity index (χ1n) is 5.82. The Hall–Kier alpha value is -0.910. The second kappa shape index (κ2) is 5.16. The highest BCUT2D eigenvalue weighted by molar-refractivity contribution is 7.12. The predicted octanol–water partition coefficient (Wildman–Crippen LogP) is 1.05. The van der Waals surface area contributed by atoms with Crippen molar-refractivity contribution in [1.29, 1.82) is 0 Å². The third-order valence-electron chi connectivity index (χ3n) is 2.90. The smallest absolute Gasteiger partial charge is 0.238 e. The summed E-state index contributed by atoms with van der Waals surface area (Å²) >= 11 is 1.76. The molecular formula is C12H19N3OS. The number of carbonyl (C=O) groups excluding carboxylic acids is 1. The summed E-state index contributed by atoms with van der Waals surface area (Å²) in [7, 11) is 4.05. The Balaban J connectivity index is 2.08. The van der Waals surface area contributed by atoms with Crippen LogP contribution in [0.1, 0.15) is 15.9 Å². The second-order valence-corrected chi connectivity index (χ2v) is 5.94. The lowest BCUT2D eigenvalue weighted by Crippen LogP contribution is -2.35. The summed E-state index contributed by atoms with van der Waals surface area (Å²) in [5.41, 5.74) is 0. The lowest BCUT2D eigenvalue weighted by Gasteiger charge is -2.24. The maximum absolute atomic E-state index is 11.8. The van der Waals surface area contributed by atoms with Gasteiger partial charge in [-0.15, -0.1) is 11.3 Å². The van der Waals surface area contributed by atoms with Gasteiger partial charge in [-0.25, -0.2) is 0 Å². The van der Waals surface area contributed by atoms with E-state index in [1.165, 1.54) is 9.75 Å². The maximum Gasteiger partial charge on any atom is 0.238 e. The number of carbonyl (C=O) groups is 1. The highest BCUT2D eigenvalue weighted by Crippen LogP contribution is 2.28. The first-order valence-corrected chi connectivity index (χ1v) is 6.63. The third kappa shape index (κ3) is 2.86. The van der Waals surface area contributed by atoms with Crippen LogP contribution in [0.2, 0.25) is 0 Å². The fourth-order valence-electron chi connectivity index (χ4n) is 1.96. The normalized spacial score (nSPS) is 20.6. The monoisotopic (exact) mass is 253 g/mol. The molecule has 0 bridgehead atoms. The third-order valence-corrected chi connectivity index (χ3v) is 3.95. The van der Waals surface area contributed by atoms with Gasteiger partial charge >= 0.3 is 0 Å². The van der Waals surface area contributed by atoms with E-state index in [1.54, 1.807) is 11.3 Å². The van der Waals surface area contributed by atoms with Crippen LogP contribution in [-0.2, 0) is 4.79 Å². The summed E-state index contributed by atoms with van der Waals surface area (Å²) in [6, 6.07) is 4.22. The fraction of sp³-hybridized carbons (Fsp3) is 0.583. The molecule has 1 aliphatic heterocycles. The Morgan fingerprint density at radius 1 is 1.53 bits per heavy atom. The zero-order valence-electron chi connectivity index (χ0n) is 10.6. The summed E-state index contributed by atoms with van der Waals surface area (Å²) < 4.78 is 0. The molecule has 1 N–H and O–H groups in total. The van der Waals surface area contributed by atoms with Gasteiger partial charge < -0.3 is 9.80 Å². The number of likely N-dealkylation sites (N-methyl/N-ethyl adjacent to an activating group) is 1. The molecule has 94 valence electrons. The number of rotatable bonds is 4. The van der Waals surface area contributed by atoms with E-state index in [0.717, 1.165) is 13.1 Å². The number of amides is 1. The lowest BCUT2D eigenvalue weighted by molar-refractivity contribution is -0.128. The highest BCUT2D eigenvalue weighted by atomic mass is 32.1. The summed E-state index contributed by atoms with van der Waals surface area (Å²) in [6.45, 7) is 4.22. The Labute approximate surface area is 106 Å². The molecule has 0 spiro atoms. The largest absolute Gasteiger partial charge is 0.320 e. The van der Waals surface area contributed by atoms with E-state index in [0.29, 0.717) is 6.54 Å². The van der Waals surface area contributed by atoms with E-state index in [2.05, 4.69) is 29.3 Å². The molecule has 1 aliphatic rings. The second-order valence-electron chi connectivity index (χ2n) is 4.62. The quantitative estimate of drug-likeness (QED) is 0.871. The minimum Gasteiger partial charge on any atom is -0.320 e. The van der Waals surface area contributed by atoms with Crippen molar-refractivity contribution in [2.45, 2.75) is 13.1 Å². The Morgan fingerprint density at radius 2 is 2.29 bits per heavy atom. The van der Waals surface area contributed by atoms with E-state index >= 15 is 0 Å². The van der Waals surface area contributed by atoms with Gasteiger partial charge in [-0.05, 0) is 33.2 Å². The molecule has 4 nitrogen and oxygen atoms in total. The summed E-state index contributed by atoms with van der Waals surface area (Å²) in [5, 5.41) is 3.28. The van der Waals surface area contributed by atoms with E-state index in [9.17, 15) is 4.79 Å². The molecule has 1 unspecified atom stereocenters. The van der Waals surface area contributed by atoms with Crippen LogP contribution in [0.3, 0.4) is 0 Å². The molecule has 5 heteroatoms. The fourth-order valence-corrected chi connectivity index (χ4v) is 2.92. The van der Waals surface area contributed by atoms with Gasteiger partial charge in [0.25, 0.3) is 0 Å². The number of hydrogen-bond donors (Lipinski definition) is 1. The summed E-state index contributed by atoms with van der Waals surface area (Å²) in [5.74, 6) is 0.197. The number of aryl methyl sites for hydroxylation is 1. The number of nitrogens with one attached hydrogen (secondary N) is 1. The summed E-state index contributed by atoms with van der Waals surface area (Å²) in [4.78, 5) is 18.4. The van der Waals surface area contributed by atoms with Crippen molar-refractivity contribution in [1.82, 2.24) is 15.1 Å². The van der Waals surface area contributed by atoms with Crippen molar-refractivity contribution in [3.63, 3.8) is 0 Å². The van der Waals surface area contributed by atoms with Crippen LogP contribution in [0.15, 0.2) is 12.1 Å². The molecule has 1 amide bonds. The Bertz CT molecular complexity index is 402. The van der Waals surface area contributed by atoms with E-state index in [1.807, 2.05) is 19.0 Å². The van der Waals surface area contributed by atoms with Crippen LogP contribution >= 0.6 is 11.3 Å². The molecule has 1 atom stereocenters. The molecule has 17 heavy (non-hydrogen) atoms. The molecule has 2 heterocycles. The number of thiophene rings is 1. The first-order chi connectivity index (χ1) is 8.08. The molecule has 0 aliphatic carbocycles. The van der Waals surface area contributed by atoms with Crippen LogP contribution < -0.4 is 5.32 Å². The highest BCUT2D eigenvalue weighted by Gasteiger charge is 2.31. The van der Waals surface area contributed by atoms with Crippen LogP contribution in [0.4, 0.5) is 0 Å². The molecule has 0 saturated carbocycles. The van der Waals surface area contributed by atoms with E-state index in [-0.39, 0.29) is 12.1 Å². The van der Waals surface area contributed by atoms with Crippen LogP contribution in [0.5, 0.6) is 0 Å². The SMILES string of the molecule is Cc1ccc(C2NCC(=O)N2CCN(C)C)s1. The Kier molecular flexibility index (Phi) is 3.81. The standard InChI is InChI=1S/C12H19N3OS/c1-9-4-5-10(17-9)12-13-8-11(16)15(12)7-6-14(2)3/h4-5,12-13H,6-8H2,1-3H3. The van der Waals surface area contributed by atoms with E-state index in [4.69, 9.17) is 0 Å². The van der Waals surface area contributed by atoms with Gasteiger partial charge in [-0.2, -0.15) is 0 Å². The number of nitrogens with zero attached hydrogens (tertiary/aromatic N) is 2. The van der Waals surface area contributed by atoms with Gasteiger partial charge in [-0.1, -0.05) is 0 Å². The minimum atomic E-state index is 0.0705.